The highest BCUT2D eigenvalue weighted by atomic mass is 15.2. The molecule has 18 heavy (non-hydrogen) atoms. The van der Waals surface area contributed by atoms with Crippen molar-refractivity contribution in [3.8, 4) is 0 Å². The molecule has 1 N–H and O–H groups in total. The zero-order valence-electron chi connectivity index (χ0n) is 11.5. The Hall–Kier alpha value is -1.29. The van der Waals surface area contributed by atoms with Crippen LogP contribution in [-0.2, 0) is 0 Å². The lowest BCUT2D eigenvalue weighted by atomic mass is 10.3. The Bertz CT molecular complexity index is 367. The number of rotatable bonds is 4. The van der Waals surface area contributed by atoms with Gasteiger partial charge in [-0.15, -0.1) is 0 Å². The largest absolute Gasteiger partial charge is 0.370 e. The van der Waals surface area contributed by atoms with Crippen molar-refractivity contribution >= 4 is 11.5 Å². The summed E-state index contributed by atoms with van der Waals surface area (Å²) in [5.74, 6) is 0.993. The number of hydrogen-bond acceptors (Lipinski definition) is 4. The SMILES string of the molecule is CCCNc1cc(N2CCCN(C)CC2)ccn1. The van der Waals surface area contributed by atoms with Gasteiger partial charge in [-0.05, 0) is 32.5 Å². The fourth-order valence-corrected chi connectivity index (χ4v) is 2.27. The van der Waals surface area contributed by atoms with Crippen molar-refractivity contribution in [2.45, 2.75) is 19.8 Å². The average Bonchev–Trinajstić information content (AvgIpc) is 2.61. The molecule has 0 spiro atoms. The monoisotopic (exact) mass is 248 g/mol. The highest BCUT2D eigenvalue weighted by Crippen LogP contribution is 2.18. The summed E-state index contributed by atoms with van der Waals surface area (Å²) in [6, 6.07) is 4.28. The second-order valence-electron chi connectivity index (χ2n) is 4.97. The zero-order chi connectivity index (χ0) is 12.8. The van der Waals surface area contributed by atoms with Crippen LogP contribution in [0.3, 0.4) is 0 Å². The van der Waals surface area contributed by atoms with Gasteiger partial charge in [-0.3, -0.25) is 0 Å². The molecule has 1 fully saturated rings. The molecule has 1 aliphatic heterocycles. The molecule has 1 aromatic rings. The maximum atomic E-state index is 4.36. The van der Waals surface area contributed by atoms with E-state index in [4.69, 9.17) is 0 Å². The summed E-state index contributed by atoms with van der Waals surface area (Å²) in [6.07, 6.45) is 4.26. The molecular formula is C14H24N4. The van der Waals surface area contributed by atoms with Gasteiger partial charge in [0.25, 0.3) is 0 Å². The van der Waals surface area contributed by atoms with Gasteiger partial charge in [-0.1, -0.05) is 6.92 Å². The Morgan fingerprint density at radius 1 is 1.28 bits per heavy atom. The quantitative estimate of drug-likeness (QED) is 0.883. The lowest BCUT2D eigenvalue weighted by Crippen LogP contribution is -2.28. The first-order valence-electron chi connectivity index (χ1n) is 6.93. The van der Waals surface area contributed by atoms with E-state index in [2.05, 4.69) is 46.2 Å². The van der Waals surface area contributed by atoms with Crippen LogP contribution in [0.1, 0.15) is 19.8 Å². The summed E-state index contributed by atoms with van der Waals surface area (Å²) < 4.78 is 0. The van der Waals surface area contributed by atoms with Gasteiger partial charge in [0.15, 0.2) is 0 Å². The number of pyridine rings is 1. The van der Waals surface area contributed by atoms with Crippen molar-refractivity contribution in [2.24, 2.45) is 0 Å². The number of anilines is 2. The van der Waals surface area contributed by atoms with Crippen molar-refractivity contribution in [3.05, 3.63) is 18.3 Å². The molecule has 0 amide bonds. The maximum absolute atomic E-state index is 4.36. The number of hydrogen-bond donors (Lipinski definition) is 1. The third-order valence-corrected chi connectivity index (χ3v) is 3.38. The van der Waals surface area contributed by atoms with Gasteiger partial charge in [0, 0.05) is 44.1 Å². The standard InChI is InChI=1S/C14H24N4/c1-3-6-15-14-12-13(5-7-16-14)18-9-4-8-17(2)10-11-18/h5,7,12H,3-4,6,8-11H2,1-2H3,(H,15,16). The maximum Gasteiger partial charge on any atom is 0.127 e. The molecule has 4 heteroatoms. The molecule has 0 radical (unpaired) electrons. The zero-order valence-corrected chi connectivity index (χ0v) is 11.5. The lowest BCUT2D eigenvalue weighted by Gasteiger charge is -2.23. The third kappa shape index (κ3) is 3.60. The summed E-state index contributed by atoms with van der Waals surface area (Å²) in [4.78, 5) is 9.22. The number of likely N-dealkylation sites (N-methyl/N-ethyl adjacent to an activating group) is 1. The van der Waals surface area contributed by atoms with Crippen LogP contribution in [0.25, 0.3) is 0 Å². The van der Waals surface area contributed by atoms with Crippen LogP contribution < -0.4 is 10.2 Å². The highest BCUT2D eigenvalue weighted by molar-refractivity contribution is 5.53. The van der Waals surface area contributed by atoms with Gasteiger partial charge in [-0.25, -0.2) is 4.98 Å². The molecule has 1 saturated heterocycles. The highest BCUT2D eigenvalue weighted by Gasteiger charge is 2.12. The Kier molecular flexibility index (Phi) is 4.81. The predicted molar refractivity (Wildman–Crippen MR) is 77.3 cm³/mol. The van der Waals surface area contributed by atoms with E-state index >= 15 is 0 Å². The number of nitrogens with zero attached hydrogens (tertiary/aromatic N) is 3. The van der Waals surface area contributed by atoms with Crippen LogP contribution in [-0.4, -0.2) is 49.7 Å². The predicted octanol–water partition coefficient (Wildman–Crippen LogP) is 2.05. The van der Waals surface area contributed by atoms with Crippen LogP contribution >= 0.6 is 0 Å². The van der Waals surface area contributed by atoms with E-state index in [-0.39, 0.29) is 0 Å². The van der Waals surface area contributed by atoms with E-state index < -0.39 is 0 Å². The molecule has 0 bridgehead atoms. The van der Waals surface area contributed by atoms with E-state index in [1.165, 1.54) is 18.7 Å². The van der Waals surface area contributed by atoms with Crippen LogP contribution in [0.15, 0.2) is 18.3 Å². The topological polar surface area (TPSA) is 31.4 Å². The van der Waals surface area contributed by atoms with Crippen LogP contribution in [0.2, 0.25) is 0 Å². The van der Waals surface area contributed by atoms with E-state index in [0.717, 1.165) is 38.4 Å². The summed E-state index contributed by atoms with van der Waals surface area (Å²) >= 11 is 0. The van der Waals surface area contributed by atoms with Crippen molar-refractivity contribution in [1.82, 2.24) is 9.88 Å². The Morgan fingerprint density at radius 3 is 3.00 bits per heavy atom. The summed E-state index contributed by atoms with van der Waals surface area (Å²) in [5, 5.41) is 3.35. The van der Waals surface area contributed by atoms with Gasteiger partial charge in [0.05, 0.1) is 0 Å². The van der Waals surface area contributed by atoms with Crippen LogP contribution in [0.5, 0.6) is 0 Å². The molecule has 0 atom stereocenters. The fourth-order valence-electron chi connectivity index (χ4n) is 2.27. The van der Waals surface area contributed by atoms with Crippen LogP contribution in [0, 0.1) is 0 Å². The first-order valence-corrected chi connectivity index (χ1v) is 6.93. The Balaban J connectivity index is 2.02. The number of aromatic nitrogens is 1. The molecule has 0 aliphatic carbocycles. The first-order chi connectivity index (χ1) is 8.79. The minimum Gasteiger partial charge on any atom is -0.370 e. The Labute approximate surface area is 110 Å². The molecule has 0 unspecified atom stereocenters. The molecule has 100 valence electrons. The smallest absolute Gasteiger partial charge is 0.127 e. The van der Waals surface area contributed by atoms with Crippen molar-refractivity contribution in [3.63, 3.8) is 0 Å². The van der Waals surface area contributed by atoms with E-state index in [9.17, 15) is 0 Å². The van der Waals surface area contributed by atoms with Crippen LogP contribution in [0.4, 0.5) is 11.5 Å². The van der Waals surface area contributed by atoms with E-state index in [1.54, 1.807) is 0 Å². The van der Waals surface area contributed by atoms with Gasteiger partial charge in [0.2, 0.25) is 0 Å². The molecular weight excluding hydrogens is 224 g/mol. The molecule has 2 rings (SSSR count). The second-order valence-corrected chi connectivity index (χ2v) is 4.97. The molecule has 0 aromatic carbocycles. The van der Waals surface area contributed by atoms with E-state index in [1.807, 2.05) is 6.20 Å². The number of nitrogens with one attached hydrogen (secondary N) is 1. The summed E-state index contributed by atoms with van der Waals surface area (Å²) in [7, 11) is 2.20. The second kappa shape index (κ2) is 6.59. The summed E-state index contributed by atoms with van der Waals surface area (Å²) in [6.45, 7) is 7.73. The third-order valence-electron chi connectivity index (χ3n) is 3.38. The molecule has 1 aliphatic rings. The first kappa shape index (κ1) is 13.1. The van der Waals surface area contributed by atoms with Crippen molar-refractivity contribution in [2.75, 3.05) is 50.0 Å². The fraction of sp³-hybridized carbons (Fsp3) is 0.643. The van der Waals surface area contributed by atoms with Gasteiger partial charge in [-0.2, -0.15) is 0 Å². The van der Waals surface area contributed by atoms with E-state index in [0.29, 0.717) is 0 Å². The lowest BCUT2D eigenvalue weighted by molar-refractivity contribution is 0.360. The normalized spacial score (nSPS) is 17.6. The van der Waals surface area contributed by atoms with Gasteiger partial charge in [0.1, 0.15) is 5.82 Å². The minimum absolute atomic E-state index is 0.985. The van der Waals surface area contributed by atoms with Crippen molar-refractivity contribution < 1.29 is 0 Å². The Morgan fingerprint density at radius 2 is 2.17 bits per heavy atom. The van der Waals surface area contributed by atoms with Crippen molar-refractivity contribution in [1.29, 1.82) is 0 Å². The molecule has 4 nitrogen and oxygen atoms in total. The molecule has 0 saturated carbocycles. The average molecular weight is 248 g/mol. The minimum atomic E-state index is 0.985. The molecule has 2 heterocycles. The summed E-state index contributed by atoms with van der Waals surface area (Å²) in [5.41, 5.74) is 1.29. The van der Waals surface area contributed by atoms with Gasteiger partial charge >= 0.3 is 0 Å². The van der Waals surface area contributed by atoms with Gasteiger partial charge < -0.3 is 15.1 Å². The molecule has 1 aromatic heterocycles.